The molecule has 6 nitrogen and oxygen atoms in total. The molecule has 1 saturated heterocycles. The summed E-state index contributed by atoms with van der Waals surface area (Å²) in [5.74, 6) is -0.358. The lowest BCUT2D eigenvalue weighted by Crippen LogP contribution is -2.61. The van der Waals surface area contributed by atoms with Crippen LogP contribution in [0.2, 0.25) is 0 Å². The SMILES string of the molecule is CC(C)(C)c1nc[nH]c1CC1NC(=O)C(/C=C2/C=CC=CC2)NC1=O. The molecule has 1 aliphatic heterocycles. The van der Waals surface area contributed by atoms with E-state index < -0.39 is 12.1 Å². The third-order valence-electron chi connectivity index (χ3n) is 4.34. The molecule has 2 unspecified atom stereocenters. The summed E-state index contributed by atoms with van der Waals surface area (Å²) in [6.45, 7) is 6.21. The van der Waals surface area contributed by atoms with Gasteiger partial charge in [-0.15, -0.1) is 0 Å². The Morgan fingerprint density at radius 1 is 1.20 bits per heavy atom. The van der Waals surface area contributed by atoms with E-state index in [1.165, 1.54) is 0 Å². The van der Waals surface area contributed by atoms with Crippen molar-refractivity contribution in [1.29, 1.82) is 0 Å². The summed E-state index contributed by atoms with van der Waals surface area (Å²) in [5, 5.41) is 5.65. The molecular formula is C19H24N4O2. The molecule has 3 N–H and O–H groups in total. The summed E-state index contributed by atoms with van der Waals surface area (Å²) < 4.78 is 0. The second kappa shape index (κ2) is 6.70. The first-order chi connectivity index (χ1) is 11.8. The van der Waals surface area contributed by atoms with Gasteiger partial charge in [0, 0.05) is 17.5 Å². The van der Waals surface area contributed by atoms with Crippen LogP contribution in [0, 0.1) is 0 Å². The summed E-state index contributed by atoms with van der Waals surface area (Å²) in [7, 11) is 0. The number of rotatable bonds is 3. The molecule has 25 heavy (non-hydrogen) atoms. The van der Waals surface area contributed by atoms with Crippen LogP contribution >= 0.6 is 0 Å². The van der Waals surface area contributed by atoms with Gasteiger partial charge in [-0.3, -0.25) is 9.59 Å². The molecule has 2 heterocycles. The van der Waals surface area contributed by atoms with Crippen LogP contribution < -0.4 is 10.6 Å². The van der Waals surface area contributed by atoms with E-state index in [1.54, 1.807) is 12.4 Å². The van der Waals surface area contributed by atoms with Gasteiger partial charge in [0.05, 0.1) is 12.0 Å². The third kappa shape index (κ3) is 3.90. The Balaban J connectivity index is 1.70. The Hall–Kier alpha value is -2.63. The molecule has 1 aliphatic carbocycles. The Bertz CT molecular complexity index is 765. The first-order valence-corrected chi connectivity index (χ1v) is 8.52. The first-order valence-electron chi connectivity index (χ1n) is 8.52. The number of imidazole rings is 1. The lowest BCUT2D eigenvalue weighted by atomic mass is 9.89. The minimum Gasteiger partial charge on any atom is -0.348 e. The second-order valence-corrected chi connectivity index (χ2v) is 7.46. The molecule has 132 valence electrons. The van der Waals surface area contributed by atoms with Gasteiger partial charge in [-0.2, -0.15) is 0 Å². The zero-order valence-electron chi connectivity index (χ0n) is 14.8. The lowest BCUT2D eigenvalue weighted by molar-refractivity contribution is -0.135. The molecule has 3 rings (SSSR count). The number of H-pyrrole nitrogens is 1. The van der Waals surface area contributed by atoms with Crippen LogP contribution in [0.15, 0.2) is 42.3 Å². The van der Waals surface area contributed by atoms with Gasteiger partial charge in [0.15, 0.2) is 0 Å². The minimum atomic E-state index is -0.626. The first kappa shape index (κ1) is 17.2. The number of nitrogens with zero attached hydrogens (tertiary/aromatic N) is 1. The highest BCUT2D eigenvalue weighted by Crippen LogP contribution is 2.24. The van der Waals surface area contributed by atoms with E-state index in [1.807, 2.05) is 24.3 Å². The summed E-state index contributed by atoms with van der Waals surface area (Å²) in [6, 6.07) is -1.22. The molecule has 2 atom stereocenters. The molecular weight excluding hydrogens is 316 g/mol. The smallest absolute Gasteiger partial charge is 0.247 e. The average molecular weight is 340 g/mol. The molecule has 1 aromatic heterocycles. The molecule has 0 aromatic carbocycles. The zero-order valence-corrected chi connectivity index (χ0v) is 14.8. The molecule has 0 spiro atoms. The molecule has 1 fully saturated rings. The molecule has 1 aromatic rings. The van der Waals surface area contributed by atoms with Gasteiger partial charge >= 0.3 is 0 Å². The van der Waals surface area contributed by atoms with Crippen molar-refractivity contribution < 1.29 is 9.59 Å². The van der Waals surface area contributed by atoms with Gasteiger partial charge in [-0.25, -0.2) is 4.98 Å². The number of aromatic nitrogens is 2. The standard InChI is InChI=1S/C19H24N4O2/c1-19(2,3)16-13(20-11-21-16)10-15-18(25)22-14(17(24)23-15)9-12-7-5-4-6-8-12/h4-7,9,11,14-15H,8,10H2,1-3H3,(H,20,21)(H,22,25)(H,23,24)/b12-9-. The fourth-order valence-corrected chi connectivity index (χ4v) is 3.10. The van der Waals surface area contributed by atoms with Crippen LogP contribution in [0.3, 0.4) is 0 Å². The normalized spacial score (nSPS) is 25.2. The maximum Gasteiger partial charge on any atom is 0.247 e. The van der Waals surface area contributed by atoms with Gasteiger partial charge in [-0.1, -0.05) is 45.1 Å². The Labute approximate surface area is 147 Å². The van der Waals surface area contributed by atoms with Crippen LogP contribution in [-0.2, 0) is 21.4 Å². The number of allylic oxidation sites excluding steroid dienone is 5. The number of amides is 2. The largest absolute Gasteiger partial charge is 0.348 e. The zero-order chi connectivity index (χ0) is 18.0. The van der Waals surface area contributed by atoms with Crippen molar-refractivity contribution in [3.63, 3.8) is 0 Å². The van der Waals surface area contributed by atoms with Gasteiger partial charge in [0.1, 0.15) is 12.1 Å². The number of piperazine rings is 1. The van der Waals surface area contributed by atoms with Crippen LogP contribution in [0.1, 0.15) is 38.6 Å². The predicted molar refractivity (Wildman–Crippen MR) is 95.8 cm³/mol. The monoisotopic (exact) mass is 340 g/mol. The number of hydrogen-bond donors (Lipinski definition) is 3. The van der Waals surface area contributed by atoms with Gasteiger partial charge < -0.3 is 15.6 Å². The molecule has 2 aliphatic rings. The lowest BCUT2D eigenvalue weighted by Gasteiger charge is -2.29. The highest BCUT2D eigenvalue weighted by molar-refractivity contribution is 5.98. The van der Waals surface area contributed by atoms with Crippen LogP contribution in [0.25, 0.3) is 0 Å². The summed E-state index contributed by atoms with van der Waals surface area (Å²) in [5.41, 5.74) is 2.69. The Morgan fingerprint density at radius 2 is 2.00 bits per heavy atom. The third-order valence-corrected chi connectivity index (χ3v) is 4.34. The summed E-state index contributed by atoms with van der Waals surface area (Å²) >= 11 is 0. The number of aromatic amines is 1. The molecule has 0 bridgehead atoms. The van der Waals surface area contributed by atoms with Crippen molar-refractivity contribution in [3.05, 3.63) is 53.7 Å². The number of nitrogens with one attached hydrogen (secondary N) is 3. The van der Waals surface area contributed by atoms with Crippen molar-refractivity contribution in [2.24, 2.45) is 0 Å². The van der Waals surface area contributed by atoms with E-state index in [0.29, 0.717) is 6.42 Å². The van der Waals surface area contributed by atoms with Gasteiger partial charge in [-0.05, 0) is 18.1 Å². The van der Waals surface area contributed by atoms with E-state index >= 15 is 0 Å². The molecule has 6 heteroatoms. The van der Waals surface area contributed by atoms with Gasteiger partial charge in [0.2, 0.25) is 11.8 Å². The van der Waals surface area contributed by atoms with E-state index in [0.717, 1.165) is 23.4 Å². The van der Waals surface area contributed by atoms with E-state index in [2.05, 4.69) is 41.4 Å². The maximum atomic E-state index is 12.5. The van der Waals surface area contributed by atoms with E-state index in [9.17, 15) is 9.59 Å². The number of hydrogen-bond acceptors (Lipinski definition) is 3. The van der Waals surface area contributed by atoms with Crippen LogP contribution in [0.5, 0.6) is 0 Å². The quantitative estimate of drug-likeness (QED) is 0.782. The second-order valence-electron chi connectivity index (χ2n) is 7.46. The van der Waals surface area contributed by atoms with Crippen LogP contribution in [-0.4, -0.2) is 33.9 Å². The molecule has 0 saturated carbocycles. The number of carbonyl (C=O) groups is 2. The maximum absolute atomic E-state index is 12.5. The average Bonchev–Trinajstić information content (AvgIpc) is 3.02. The summed E-state index contributed by atoms with van der Waals surface area (Å²) in [6.07, 6.45) is 12.5. The van der Waals surface area contributed by atoms with Crippen LogP contribution in [0.4, 0.5) is 0 Å². The predicted octanol–water partition coefficient (Wildman–Crippen LogP) is 1.68. The van der Waals surface area contributed by atoms with Crippen molar-refractivity contribution in [1.82, 2.24) is 20.6 Å². The fraction of sp³-hybridized carbons (Fsp3) is 0.421. The highest BCUT2D eigenvalue weighted by Gasteiger charge is 2.34. The van der Waals surface area contributed by atoms with Gasteiger partial charge in [0.25, 0.3) is 0 Å². The van der Waals surface area contributed by atoms with E-state index in [-0.39, 0.29) is 17.2 Å². The van der Waals surface area contributed by atoms with Crippen molar-refractivity contribution in [2.45, 2.75) is 51.1 Å². The Morgan fingerprint density at radius 3 is 2.68 bits per heavy atom. The van der Waals surface area contributed by atoms with Crippen molar-refractivity contribution >= 4 is 11.8 Å². The van der Waals surface area contributed by atoms with E-state index in [4.69, 9.17) is 0 Å². The fourth-order valence-electron chi connectivity index (χ4n) is 3.10. The highest BCUT2D eigenvalue weighted by atomic mass is 16.2. The Kier molecular flexibility index (Phi) is 4.61. The minimum absolute atomic E-state index is 0.127. The van der Waals surface area contributed by atoms with Crippen molar-refractivity contribution in [3.8, 4) is 0 Å². The molecule has 0 radical (unpaired) electrons. The number of carbonyl (C=O) groups excluding carboxylic acids is 2. The summed E-state index contributed by atoms with van der Waals surface area (Å²) in [4.78, 5) is 32.3. The topological polar surface area (TPSA) is 86.9 Å². The van der Waals surface area contributed by atoms with Crippen molar-refractivity contribution in [2.75, 3.05) is 0 Å². The molecule has 2 amide bonds.